The fourth-order valence-electron chi connectivity index (χ4n) is 3.57. The van der Waals surface area contributed by atoms with Gasteiger partial charge in [-0.15, -0.1) is 0 Å². The number of carbonyl (C=O) groups is 3. The minimum atomic E-state index is -0.853. The molecule has 1 heterocycles. The molecule has 0 radical (unpaired) electrons. The largest absolute Gasteiger partial charge is 0.496 e. The predicted molar refractivity (Wildman–Crippen MR) is 135 cm³/mol. The van der Waals surface area contributed by atoms with Gasteiger partial charge in [0.05, 0.1) is 12.8 Å². The molecule has 9 heteroatoms. The van der Waals surface area contributed by atoms with Gasteiger partial charge in [-0.05, 0) is 53.6 Å². The van der Waals surface area contributed by atoms with Crippen molar-refractivity contribution in [2.75, 3.05) is 12.0 Å². The van der Waals surface area contributed by atoms with Crippen molar-refractivity contribution in [3.05, 3.63) is 97.4 Å². The zero-order valence-corrected chi connectivity index (χ0v) is 20.9. The molecule has 4 amide bonds. The summed E-state index contributed by atoms with van der Waals surface area (Å²) in [6.45, 7) is 0. The summed E-state index contributed by atoms with van der Waals surface area (Å²) in [5.41, 5.74) is 2.26. The second-order valence-electron chi connectivity index (χ2n) is 7.39. The number of imide groups is 2. The first-order valence-electron chi connectivity index (χ1n) is 10.1. The standard InChI is InChI=1S/C25H17BrCl2N2O4/c1-34-22-11-14(10-21(28)18(22)12-15-5-2-3-8-20(15)26)9-19-23(31)29-25(33)30(24(19)32)17-7-4-6-16(27)13-17/h2-11,13H,12H2,1H3,(H,29,31,33)/b19-9+. The zero-order valence-electron chi connectivity index (χ0n) is 17.8. The van der Waals surface area contributed by atoms with Gasteiger partial charge in [-0.25, -0.2) is 9.69 Å². The first-order chi connectivity index (χ1) is 16.3. The van der Waals surface area contributed by atoms with Crippen LogP contribution in [0, 0.1) is 0 Å². The molecule has 3 aromatic carbocycles. The molecule has 0 unspecified atom stereocenters. The highest BCUT2D eigenvalue weighted by atomic mass is 79.9. The van der Waals surface area contributed by atoms with Crippen molar-refractivity contribution in [3.63, 3.8) is 0 Å². The van der Waals surface area contributed by atoms with Gasteiger partial charge in [-0.2, -0.15) is 0 Å². The Bertz CT molecular complexity index is 1360. The number of hydrogen-bond donors (Lipinski definition) is 1. The number of halogens is 3. The van der Waals surface area contributed by atoms with Crippen LogP contribution in [-0.4, -0.2) is 25.0 Å². The van der Waals surface area contributed by atoms with Crippen molar-refractivity contribution >= 4 is 68.7 Å². The summed E-state index contributed by atoms with van der Waals surface area (Å²) in [6, 6.07) is 16.5. The first-order valence-corrected chi connectivity index (χ1v) is 11.6. The fraction of sp³-hybridized carbons (Fsp3) is 0.0800. The highest BCUT2D eigenvalue weighted by molar-refractivity contribution is 9.10. The normalized spacial score (nSPS) is 15.0. The number of nitrogens with one attached hydrogen (secondary N) is 1. The van der Waals surface area contributed by atoms with E-state index < -0.39 is 17.8 Å². The quantitative estimate of drug-likeness (QED) is 0.306. The van der Waals surface area contributed by atoms with Gasteiger partial charge < -0.3 is 4.74 Å². The van der Waals surface area contributed by atoms with Crippen molar-refractivity contribution in [2.45, 2.75) is 6.42 Å². The van der Waals surface area contributed by atoms with Gasteiger partial charge in [-0.1, -0.05) is 63.4 Å². The van der Waals surface area contributed by atoms with Gasteiger partial charge in [0, 0.05) is 26.5 Å². The molecule has 172 valence electrons. The minimum Gasteiger partial charge on any atom is -0.496 e. The maximum absolute atomic E-state index is 13.1. The molecule has 6 nitrogen and oxygen atoms in total. The Morgan fingerprint density at radius 2 is 1.79 bits per heavy atom. The van der Waals surface area contributed by atoms with Crippen LogP contribution in [0.5, 0.6) is 5.75 Å². The minimum absolute atomic E-state index is 0.226. The molecule has 0 saturated carbocycles. The monoisotopic (exact) mass is 558 g/mol. The van der Waals surface area contributed by atoms with E-state index in [0.29, 0.717) is 27.8 Å². The maximum Gasteiger partial charge on any atom is 0.335 e. The highest BCUT2D eigenvalue weighted by Crippen LogP contribution is 2.34. The van der Waals surface area contributed by atoms with E-state index in [9.17, 15) is 14.4 Å². The molecule has 0 aromatic heterocycles. The summed E-state index contributed by atoms with van der Waals surface area (Å²) in [7, 11) is 1.52. The van der Waals surface area contributed by atoms with Gasteiger partial charge in [0.1, 0.15) is 11.3 Å². The molecule has 34 heavy (non-hydrogen) atoms. The van der Waals surface area contributed by atoms with Crippen LogP contribution in [0.2, 0.25) is 10.0 Å². The van der Waals surface area contributed by atoms with Gasteiger partial charge in [0.2, 0.25) is 0 Å². The van der Waals surface area contributed by atoms with E-state index in [1.807, 2.05) is 24.3 Å². The van der Waals surface area contributed by atoms with Crippen LogP contribution in [0.15, 0.2) is 70.7 Å². The molecule has 0 aliphatic carbocycles. The van der Waals surface area contributed by atoms with Crippen molar-refractivity contribution in [3.8, 4) is 5.75 Å². The van der Waals surface area contributed by atoms with Gasteiger partial charge in [-0.3, -0.25) is 14.9 Å². The molecule has 0 spiro atoms. The van der Waals surface area contributed by atoms with E-state index in [1.165, 1.54) is 19.3 Å². The molecule has 1 fully saturated rings. The maximum atomic E-state index is 13.1. The number of barbiturate groups is 1. The van der Waals surface area contributed by atoms with Gasteiger partial charge >= 0.3 is 6.03 Å². The van der Waals surface area contributed by atoms with Crippen molar-refractivity contribution in [2.24, 2.45) is 0 Å². The summed E-state index contributed by atoms with van der Waals surface area (Å²) < 4.78 is 6.49. The van der Waals surface area contributed by atoms with Crippen LogP contribution in [0.25, 0.3) is 6.08 Å². The molecule has 1 aliphatic rings. The first kappa shape index (κ1) is 24.0. The number of amides is 4. The number of urea groups is 1. The number of carbonyl (C=O) groups excluding carboxylic acids is 3. The van der Waals surface area contributed by atoms with E-state index in [4.69, 9.17) is 27.9 Å². The van der Waals surface area contributed by atoms with Crippen LogP contribution in [0.3, 0.4) is 0 Å². The number of methoxy groups -OCH3 is 1. The molecule has 0 bridgehead atoms. The van der Waals surface area contributed by atoms with E-state index in [0.717, 1.165) is 20.5 Å². The molecule has 3 aromatic rings. The Morgan fingerprint density at radius 3 is 2.50 bits per heavy atom. The number of ether oxygens (including phenoxy) is 1. The lowest BCUT2D eigenvalue weighted by Gasteiger charge is -2.26. The van der Waals surface area contributed by atoms with Gasteiger partial charge in [0.15, 0.2) is 0 Å². The highest BCUT2D eigenvalue weighted by Gasteiger charge is 2.37. The molecular formula is C25H17BrCl2N2O4. The lowest BCUT2D eigenvalue weighted by atomic mass is 10.0. The number of hydrogen-bond acceptors (Lipinski definition) is 4. The van der Waals surface area contributed by atoms with Crippen LogP contribution in [-0.2, 0) is 16.0 Å². The summed E-state index contributed by atoms with van der Waals surface area (Å²) in [4.78, 5) is 38.9. The SMILES string of the molecule is COc1cc(/C=C2\C(=O)NC(=O)N(c3cccc(Cl)c3)C2=O)cc(Cl)c1Cc1ccccc1Br. The zero-order chi connectivity index (χ0) is 24.4. The van der Waals surface area contributed by atoms with E-state index in [1.54, 1.807) is 30.3 Å². The molecule has 4 rings (SSSR count). The van der Waals surface area contributed by atoms with Gasteiger partial charge in [0.25, 0.3) is 11.8 Å². The average molecular weight is 560 g/mol. The molecule has 1 N–H and O–H groups in total. The smallest absolute Gasteiger partial charge is 0.335 e. The molecular weight excluding hydrogens is 543 g/mol. The average Bonchev–Trinajstić information content (AvgIpc) is 2.79. The topological polar surface area (TPSA) is 75.7 Å². The second-order valence-corrected chi connectivity index (χ2v) is 9.09. The molecule has 1 aliphatic heterocycles. The molecule has 0 atom stereocenters. The van der Waals surface area contributed by atoms with Crippen LogP contribution < -0.4 is 15.0 Å². The van der Waals surface area contributed by atoms with E-state index >= 15 is 0 Å². The Morgan fingerprint density at radius 1 is 1.03 bits per heavy atom. The number of benzene rings is 3. The number of rotatable bonds is 5. The number of anilines is 1. The van der Waals surface area contributed by atoms with Crippen molar-refractivity contribution in [1.29, 1.82) is 0 Å². The van der Waals surface area contributed by atoms with Crippen LogP contribution in [0.4, 0.5) is 10.5 Å². The Labute approximate surface area is 214 Å². The lowest BCUT2D eigenvalue weighted by molar-refractivity contribution is -0.122. The summed E-state index contributed by atoms with van der Waals surface area (Å²) in [5.74, 6) is -1.08. The molecule has 1 saturated heterocycles. The predicted octanol–water partition coefficient (Wildman–Crippen LogP) is 6.02. The van der Waals surface area contributed by atoms with Crippen molar-refractivity contribution in [1.82, 2.24) is 5.32 Å². The van der Waals surface area contributed by atoms with E-state index in [-0.39, 0.29) is 11.3 Å². The third-order valence-corrected chi connectivity index (χ3v) is 6.55. The van der Waals surface area contributed by atoms with Crippen LogP contribution in [0.1, 0.15) is 16.7 Å². The summed E-state index contributed by atoms with van der Waals surface area (Å²) in [6.07, 6.45) is 1.88. The Balaban J connectivity index is 1.72. The second kappa shape index (κ2) is 10.0. The summed E-state index contributed by atoms with van der Waals surface area (Å²) >= 11 is 16.1. The summed E-state index contributed by atoms with van der Waals surface area (Å²) in [5, 5.41) is 2.94. The Kier molecular flexibility index (Phi) is 7.07. The lowest BCUT2D eigenvalue weighted by Crippen LogP contribution is -2.54. The van der Waals surface area contributed by atoms with Crippen molar-refractivity contribution < 1.29 is 19.1 Å². The third kappa shape index (κ3) is 4.87. The fourth-order valence-corrected chi connectivity index (χ4v) is 4.47. The van der Waals surface area contributed by atoms with Crippen LogP contribution >= 0.6 is 39.1 Å². The Hall–Kier alpha value is -3.13. The number of nitrogens with zero attached hydrogens (tertiary/aromatic N) is 1. The van der Waals surface area contributed by atoms with E-state index in [2.05, 4.69) is 21.2 Å². The third-order valence-electron chi connectivity index (χ3n) is 5.20.